The number of hydrogen-bond donors (Lipinski definition) is 1. The van der Waals surface area contributed by atoms with Crippen molar-refractivity contribution in [2.75, 3.05) is 24.8 Å². The first-order valence-corrected chi connectivity index (χ1v) is 10.2. The van der Waals surface area contributed by atoms with E-state index in [2.05, 4.69) is 29.6 Å². The van der Waals surface area contributed by atoms with E-state index in [0.717, 1.165) is 24.9 Å². The van der Waals surface area contributed by atoms with Crippen LogP contribution in [0.3, 0.4) is 0 Å². The fraction of sp³-hybridized carbons (Fsp3) is 0.391. The molecule has 29 heavy (non-hydrogen) atoms. The number of carbonyl (C=O) groups is 2. The van der Waals surface area contributed by atoms with Gasteiger partial charge in [0.1, 0.15) is 0 Å². The summed E-state index contributed by atoms with van der Waals surface area (Å²) in [4.78, 5) is 27.0. The molecule has 2 atom stereocenters. The van der Waals surface area contributed by atoms with Crippen LogP contribution in [0.25, 0.3) is 0 Å². The number of nitrogens with one attached hydrogen (secondary N) is 1. The Morgan fingerprint density at radius 1 is 1.14 bits per heavy atom. The van der Waals surface area contributed by atoms with Crippen molar-refractivity contribution in [1.29, 1.82) is 0 Å². The Balaban J connectivity index is 1.22. The van der Waals surface area contributed by atoms with Gasteiger partial charge in [0.05, 0.1) is 5.92 Å². The Morgan fingerprint density at radius 2 is 2.00 bits per heavy atom. The molecule has 2 aromatic rings. The zero-order chi connectivity index (χ0) is 19.8. The third kappa shape index (κ3) is 3.43. The van der Waals surface area contributed by atoms with Crippen LogP contribution in [-0.4, -0.2) is 31.7 Å². The van der Waals surface area contributed by atoms with Crippen molar-refractivity contribution in [2.45, 2.75) is 31.6 Å². The Hall–Kier alpha value is -3.02. The molecule has 1 N–H and O–H groups in total. The van der Waals surface area contributed by atoms with Gasteiger partial charge in [-0.2, -0.15) is 0 Å². The lowest BCUT2D eigenvalue weighted by Crippen LogP contribution is -2.36. The number of fused-ring (bicyclic) bond motifs is 2. The summed E-state index contributed by atoms with van der Waals surface area (Å²) in [6.45, 7) is 1.22. The van der Waals surface area contributed by atoms with Crippen LogP contribution >= 0.6 is 0 Å². The van der Waals surface area contributed by atoms with E-state index >= 15 is 0 Å². The van der Waals surface area contributed by atoms with Gasteiger partial charge in [0, 0.05) is 37.2 Å². The predicted octanol–water partition coefficient (Wildman–Crippen LogP) is 3.00. The van der Waals surface area contributed by atoms with Crippen LogP contribution < -0.4 is 19.7 Å². The highest BCUT2D eigenvalue weighted by atomic mass is 16.7. The SMILES string of the molecule is O=C(NCC1CCCc2ccccc21)C1CC(=O)N(c2ccc3c(c2)OCO3)C1. The standard InChI is InChI=1S/C23H24N2O4/c26-22-10-17(13-25(22)18-8-9-20-21(11-18)29-14-28-20)23(27)24-12-16-6-3-5-15-4-1-2-7-19(15)16/h1-2,4,7-9,11,16-17H,3,5-6,10,12-14H2,(H,24,27). The van der Waals surface area contributed by atoms with E-state index in [4.69, 9.17) is 9.47 Å². The molecule has 1 saturated heterocycles. The Labute approximate surface area is 169 Å². The molecule has 1 fully saturated rings. The molecule has 150 valence electrons. The lowest BCUT2D eigenvalue weighted by molar-refractivity contribution is -0.126. The fourth-order valence-electron chi connectivity index (χ4n) is 4.62. The second-order valence-electron chi connectivity index (χ2n) is 7.98. The highest BCUT2D eigenvalue weighted by Gasteiger charge is 2.36. The second-order valence-corrected chi connectivity index (χ2v) is 7.98. The first-order chi connectivity index (χ1) is 14.2. The van der Waals surface area contributed by atoms with Gasteiger partial charge in [-0.1, -0.05) is 24.3 Å². The molecule has 6 nitrogen and oxygen atoms in total. The van der Waals surface area contributed by atoms with E-state index in [1.807, 2.05) is 6.07 Å². The summed E-state index contributed by atoms with van der Waals surface area (Å²) in [7, 11) is 0. The molecular weight excluding hydrogens is 368 g/mol. The summed E-state index contributed by atoms with van der Waals surface area (Å²) in [5.74, 6) is 1.27. The van der Waals surface area contributed by atoms with Crippen molar-refractivity contribution in [3.63, 3.8) is 0 Å². The molecule has 0 radical (unpaired) electrons. The number of amides is 2. The number of anilines is 1. The Kier molecular flexibility index (Phi) is 4.62. The average molecular weight is 392 g/mol. The third-order valence-electron chi connectivity index (χ3n) is 6.18. The lowest BCUT2D eigenvalue weighted by Gasteiger charge is -2.26. The van der Waals surface area contributed by atoms with Gasteiger partial charge >= 0.3 is 0 Å². The van der Waals surface area contributed by atoms with E-state index in [1.54, 1.807) is 17.0 Å². The van der Waals surface area contributed by atoms with E-state index in [9.17, 15) is 9.59 Å². The molecule has 0 saturated carbocycles. The molecule has 6 heteroatoms. The average Bonchev–Trinajstić information content (AvgIpc) is 3.37. The summed E-state index contributed by atoms with van der Waals surface area (Å²) in [6.07, 6.45) is 3.59. The molecule has 2 aliphatic heterocycles. The minimum atomic E-state index is -0.327. The predicted molar refractivity (Wildman–Crippen MR) is 108 cm³/mol. The summed E-state index contributed by atoms with van der Waals surface area (Å²) < 4.78 is 10.7. The van der Waals surface area contributed by atoms with Gasteiger partial charge in [0.25, 0.3) is 0 Å². The lowest BCUT2D eigenvalue weighted by atomic mass is 9.83. The quantitative estimate of drug-likeness (QED) is 0.869. The minimum absolute atomic E-state index is 0.0352. The maximum atomic E-state index is 12.8. The van der Waals surface area contributed by atoms with Crippen molar-refractivity contribution in [1.82, 2.24) is 5.32 Å². The van der Waals surface area contributed by atoms with Crippen LogP contribution in [0.2, 0.25) is 0 Å². The number of ether oxygens (including phenoxy) is 2. The summed E-state index contributed by atoms with van der Waals surface area (Å²) in [5, 5.41) is 3.11. The minimum Gasteiger partial charge on any atom is -0.454 e. The smallest absolute Gasteiger partial charge is 0.231 e. The molecular formula is C23H24N2O4. The number of hydrogen-bond acceptors (Lipinski definition) is 4. The second kappa shape index (κ2) is 7.43. The van der Waals surface area contributed by atoms with Crippen LogP contribution in [0.15, 0.2) is 42.5 Å². The molecule has 2 heterocycles. The van der Waals surface area contributed by atoms with Crippen LogP contribution in [-0.2, 0) is 16.0 Å². The van der Waals surface area contributed by atoms with Gasteiger partial charge in [0.15, 0.2) is 11.5 Å². The fourth-order valence-corrected chi connectivity index (χ4v) is 4.62. The van der Waals surface area contributed by atoms with Gasteiger partial charge in [-0.15, -0.1) is 0 Å². The van der Waals surface area contributed by atoms with Gasteiger partial charge in [-0.25, -0.2) is 0 Å². The van der Waals surface area contributed by atoms with Crippen LogP contribution in [0.1, 0.15) is 36.3 Å². The largest absolute Gasteiger partial charge is 0.454 e. The van der Waals surface area contributed by atoms with Crippen LogP contribution in [0.5, 0.6) is 11.5 Å². The van der Waals surface area contributed by atoms with Crippen molar-refractivity contribution < 1.29 is 19.1 Å². The number of benzene rings is 2. The zero-order valence-electron chi connectivity index (χ0n) is 16.2. The molecule has 3 aliphatic rings. The van der Waals surface area contributed by atoms with Crippen molar-refractivity contribution in [3.8, 4) is 11.5 Å². The Bertz CT molecular complexity index is 958. The first-order valence-electron chi connectivity index (χ1n) is 10.2. The van der Waals surface area contributed by atoms with Crippen molar-refractivity contribution in [2.24, 2.45) is 5.92 Å². The topological polar surface area (TPSA) is 67.9 Å². The van der Waals surface area contributed by atoms with Crippen molar-refractivity contribution in [3.05, 3.63) is 53.6 Å². The molecule has 2 unspecified atom stereocenters. The van der Waals surface area contributed by atoms with E-state index in [0.29, 0.717) is 30.5 Å². The van der Waals surface area contributed by atoms with Gasteiger partial charge in [-0.3, -0.25) is 9.59 Å². The number of rotatable bonds is 4. The molecule has 0 aromatic heterocycles. The summed E-state index contributed by atoms with van der Waals surface area (Å²) in [5.41, 5.74) is 3.49. The highest BCUT2D eigenvalue weighted by molar-refractivity contribution is 6.00. The van der Waals surface area contributed by atoms with Gasteiger partial charge in [0.2, 0.25) is 18.6 Å². The van der Waals surface area contributed by atoms with Crippen molar-refractivity contribution >= 4 is 17.5 Å². The van der Waals surface area contributed by atoms with Gasteiger partial charge < -0.3 is 19.7 Å². The highest BCUT2D eigenvalue weighted by Crippen LogP contribution is 2.37. The first kappa shape index (κ1) is 18.0. The molecule has 2 amide bonds. The van der Waals surface area contributed by atoms with Crippen LogP contribution in [0.4, 0.5) is 5.69 Å². The van der Waals surface area contributed by atoms with E-state index in [-0.39, 0.29) is 30.9 Å². The normalized spacial score (nSPS) is 22.5. The number of aryl methyl sites for hydroxylation is 1. The number of nitrogens with zero attached hydrogens (tertiary/aromatic N) is 1. The zero-order valence-corrected chi connectivity index (χ0v) is 16.2. The van der Waals surface area contributed by atoms with E-state index < -0.39 is 0 Å². The monoisotopic (exact) mass is 392 g/mol. The Morgan fingerprint density at radius 3 is 2.93 bits per heavy atom. The van der Waals surface area contributed by atoms with Gasteiger partial charge in [-0.05, 0) is 42.5 Å². The maximum absolute atomic E-state index is 12.8. The maximum Gasteiger partial charge on any atom is 0.231 e. The van der Waals surface area contributed by atoms with Crippen LogP contribution in [0, 0.1) is 5.92 Å². The summed E-state index contributed by atoms with van der Waals surface area (Å²) in [6, 6.07) is 13.9. The molecule has 1 aliphatic carbocycles. The molecule has 5 rings (SSSR count). The number of carbonyl (C=O) groups excluding carboxylic acids is 2. The third-order valence-corrected chi connectivity index (χ3v) is 6.18. The van der Waals surface area contributed by atoms with E-state index in [1.165, 1.54) is 11.1 Å². The summed E-state index contributed by atoms with van der Waals surface area (Å²) >= 11 is 0. The molecule has 0 spiro atoms. The molecule has 0 bridgehead atoms. The molecule has 2 aromatic carbocycles.